The minimum atomic E-state index is -0.603. The number of aliphatic hydroxyl groups is 1. The van der Waals surface area contributed by atoms with Gasteiger partial charge in [-0.05, 0) is 24.5 Å². The molecule has 76 valence electrons. The highest BCUT2D eigenvalue weighted by molar-refractivity contribution is 5.46. The lowest BCUT2D eigenvalue weighted by molar-refractivity contribution is -0.0554. The second kappa shape index (κ2) is 3.26. The van der Waals surface area contributed by atoms with Gasteiger partial charge in [0.05, 0.1) is 6.61 Å². The maximum absolute atomic E-state index is 9.62. The molecule has 3 heteroatoms. The van der Waals surface area contributed by atoms with Crippen LogP contribution in [0.4, 0.5) is 0 Å². The monoisotopic (exact) mass is 194 g/mol. The molecular weight excluding hydrogens is 180 g/mol. The standard InChI is InChI=1S/C11H14O3/c1-14-11(7-12)6-5-8-9(11)3-2-4-10(8)13/h2-4,12-13H,5-7H2,1H3. The third-order valence-electron chi connectivity index (χ3n) is 3.07. The van der Waals surface area contributed by atoms with E-state index < -0.39 is 5.60 Å². The fraction of sp³-hybridized carbons (Fsp3) is 0.455. The summed E-state index contributed by atoms with van der Waals surface area (Å²) in [5.74, 6) is 0.301. The van der Waals surface area contributed by atoms with Crippen molar-refractivity contribution in [3.05, 3.63) is 29.3 Å². The van der Waals surface area contributed by atoms with Gasteiger partial charge in [-0.2, -0.15) is 0 Å². The van der Waals surface area contributed by atoms with E-state index in [4.69, 9.17) is 4.74 Å². The molecule has 0 bridgehead atoms. The molecule has 0 amide bonds. The predicted molar refractivity (Wildman–Crippen MR) is 52.2 cm³/mol. The summed E-state index contributed by atoms with van der Waals surface area (Å²) in [6, 6.07) is 5.35. The van der Waals surface area contributed by atoms with Crippen LogP contribution in [0.3, 0.4) is 0 Å². The van der Waals surface area contributed by atoms with Crippen LogP contribution in [0.5, 0.6) is 5.75 Å². The zero-order valence-corrected chi connectivity index (χ0v) is 8.16. The SMILES string of the molecule is COC1(CO)CCc2c(O)cccc21. The molecule has 0 saturated heterocycles. The second-order valence-corrected chi connectivity index (χ2v) is 3.66. The molecule has 1 atom stereocenters. The average Bonchev–Trinajstić information content (AvgIpc) is 2.59. The molecular formula is C11H14O3. The Balaban J connectivity index is 2.53. The van der Waals surface area contributed by atoms with Crippen LogP contribution >= 0.6 is 0 Å². The Morgan fingerprint density at radius 3 is 2.93 bits per heavy atom. The third kappa shape index (κ3) is 1.13. The van der Waals surface area contributed by atoms with E-state index in [-0.39, 0.29) is 6.61 Å². The molecule has 1 aromatic rings. The van der Waals surface area contributed by atoms with E-state index in [1.54, 1.807) is 19.2 Å². The number of rotatable bonds is 2. The van der Waals surface area contributed by atoms with Crippen LogP contribution in [0.25, 0.3) is 0 Å². The Bertz CT molecular complexity index is 342. The summed E-state index contributed by atoms with van der Waals surface area (Å²) >= 11 is 0. The number of aliphatic hydroxyl groups excluding tert-OH is 1. The number of phenolic OH excluding ortho intramolecular Hbond substituents is 1. The maximum Gasteiger partial charge on any atom is 0.119 e. The molecule has 0 spiro atoms. The van der Waals surface area contributed by atoms with Crippen molar-refractivity contribution in [2.45, 2.75) is 18.4 Å². The molecule has 0 saturated carbocycles. The van der Waals surface area contributed by atoms with E-state index >= 15 is 0 Å². The smallest absolute Gasteiger partial charge is 0.119 e. The lowest BCUT2D eigenvalue weighted by Crippen LogP contribution is -2.29. The zero-order chi connectivity index (χ0) is 10.2. The fourth-order valence-electron chi connectivity index (χ4n) is 2.17. The lowest BCUT2D eigenvalue weighted by atomic mass is 9.96. The first-order chi connectivity index (χ1) is 6.73. The molecule has 0 fully saturated rings. The minimum Gasteiger partial charge on any atom is -0.508 e. The van der Waals surface area contributed by atoms with E-state index in [0.717, 1.165) is 24.0 Å². The van der Waals surface area contributed by atoms with Gasteiger partial charge in [0, 0.05) is 12.7 Å². The molecule has 1 aliphatic rings. The second-order valence-electron chi connectivity index (χ2n) is 3.66. The van der Waals surface area contributed by atoms with Crippen molar-refractivity contribution in [1.29, 1.82) is 0 Å². The molecule has 0 heterocycles. The molecule has 0 radical (unpaired) electrons. The van der Waals surface area contributed by atoms with Crippen LogP contribution in [-0.4, -0.2) is 23.9 Å². The van der Waals surface area contributed by atoms with Crippen LogP contribution in [0, 0.1) is 0 Å². The summed E-state index contributed by atoms with van der Waals surface area (Å²) < 4.78 is 5.37. The molecule has 0 aromatic heterocycles. The van der Waals surface area contributed by atoms with E-state index in [2.05, 4.69) is 0 Å². The number of hydrogen-bond donors (Lipinski definition) is 2. The zero-order valence-electron chi connectivity index (χ0n) is 8.16. The number of phenols is 1. The normalized spacial score (nSPS) is 25.0. The van der Waals surface area contributed by atoms with Crippen LogP contribution in [0.2, 0.25) is 0 Å². The number of ether oxygens (including phenoxy) is 1. The van der Waals surface area contributed by atoms with Crippen LogP contribution in [0.1, 0.15) is 17.5 Å². The maximum atomic E-state index is 9.62. The first kappa shape index (κ1) is 9.49. The summed E-state index contributed by atoms with van der Waals surface area (Å²) in [6.45, 7) is -0.0417. The Hall–Kier alpha value is -1.06. The van der Waals surface area contributed by atoms with Crippen molar-refractivity contribution in [2.75, 3.05) is 13.7 Å². The topological polar surface area (TPSA) is 49.7 Å². The molecule has 0 aliphatic heterocycles. The fourth-order valence-corrected chi connectivity index (χ4v) is 2.17. The number of fused-ring (bicyclic) bond motifs is 1. The van der Waals surface area contributed by atoms with Crippen LogP contribution in [-0.2, 0) is 16.8 Å². The first-order valence-corrected chi connectivity index (χ1v) is 4.71. The van der Waals surface area contributed by atoms with Gasteiger partial charge in [-0.3, -0.25) is 0 Å². The van der Waals surface area contributed by atoms with E-state index in [0.29, 0.717) is 5.75 Å². The Morgan fingerprint density at radius 1 is 1.50 bits per heavy atom. The van der Waals surface area contributed by atoms with Gasteiger partial charge in [-0.1, -0.05) is 12.1 Å². The van der Waals surface area contributed by atoms with Gasteiger partial charge in [0.25, 0.3) is 0 Å². The van der Waals surface area contributed by atoms with Gasteiger partial charge < -0.3 is 14.9 Å². The number of aromatic hydroxyl groups is 1. The van der Waals surface area contributed by atoms with Crippen molar-refractivity contribution in [2.24, 2.45) is 0 Å². The van der Waals surface area contributed by atoms with Crippen LogP contribution in [0.15, 0.2) is 18.2 Å². The van der Waals surface area contributed by atoms with Crippen molar-refractivity contribution in [3.63, 3.8) is 0 Å². The van der Waals surface area contributed by atoms with Gasteiger partial charge in [0.2, 0.25) is 0 Å². The van der Waals surface area contributed by atoms with Gasteiger partial charge in [0.1, 0.15) is 11.4 Å². The number of hydrogen-bond acceptors (Lipinski definition) is 3. The molecule has 3 nitrogen and oxygen atoms in total. The highest BCUT2D eigenvalue weighted by Crippen LogP contribution is 2.42. The van der Waals surface area contributed by atoms with E-state index in [1.165, 1.54) is 0 Å². The van der Waals surface area contributed by atoms with Gasteiger partial charge in [-0.15, -0.1) is 0 Å². The first-order valence-electron chi connectivity index (χ1n) is 4.71. The Kier molecular flexibility index (Phi) is 2.21. The van der Waals surface area contributed by atoms with Crippen molar-refractivity contribution < 1.29 is 14.9 Å². The number of methoxy groups -OCH3 is 1. The molecule has 1 aromatic carbocycles. The lowest BCUT2D eigenvalue weighted by Gasteiger charge is -2.26. The van der Waals surface area contributed by atoms with Gasteiger partial charge in [-0.25, -0.2) is 0 Å². The molecule has 2 rings (SSSR count). The highest BCUT2D eigenvalue weighted by atomic mass is 16.5. The third-order valence-corrected chi connectivity index (χ3v) is 3.07. The Morgan fingerprint density at radius 2 is 2.29 bits per heavy atom. The van der Waals surface area contributed by atoms with Gasteiger partial charge >= 0.3 is 0 Å². The molecule has 14 heavy (non-hydrogen) atoms. The quantitative estimate of drug-likeness (QED) is 0.743. The highest BCUT2D eigenvalue weighted by Gasteiger charge is 2.39. The van der Waals surface area contributed by atoms with Crippen molar-refractivity contribution in [3.8, 4) is 5.75 Å². The average molecular weight is 194 g/mol. The number of benzene rings is 1. The summed E-state index contributed by atoms with van der Waals surface area (Å²) in [5.41, 5.74) is 1.22. The van der Waals surface area contributed by atoms with Crippen molar-refractivity contribution in [1.82, 2.24) is 0 Å². The summed E-state index contributed by atoms with van der Waals surface area (Å²) in [4.78, 5) is 0. The molecule has 1 aliphatic carbocycles. The van der Waals surface area contributed by atoms with Gasteiger partial charge in [0.15, 0.2) is 0 Å². The summed E-state index contributed by atoms with van der Waals surface area (Å²) in [7, 11) is 1.59. The Labute approximate surface area is 83.0 Å². The largest absolute Gasteiger partial charge is 0.508 e. The molecule has 2 N–H and O–H groups in total. The summed E-state index contributed by atoms with van der Waals surface area (Å²) in [5, 5.41) is 19.0. The van der Waals surface area contributed by atoms with Crippen LogP contribution < -0.4 is 0 Å². The molecule has 1 unspecified atom stereocenters. The predicted octanol–water partition coefficient (Wildman–Crippen LogP) is 1.17. The van der Waals surface area contributed by atoms with E-state index in [1.807, 2.05) is 6.07 Å². The summed E-state index contributed by atoms with van der Waals surface area (Å²) in [6.07, 6.45) is 1.49. The van der Waals surface area contributed by atoms with E-state index in [9.17, 15) is 10.2 Å². The van der Waals surface area contributed by atoms with Crippen molar-refractivity contribution >= 4 is 0 Å². The minimum absolute atomic E-state index is 0.0417.